The van der Waals surface area contributed by atoms with Crippen LogP contribution >= 0.6 is 0 Å². The fourth-order valence-electron chi connectivity index (χ4n) is 3.21. The number of benzene rings is 2. The number of furan rings is 1. The highest BCUT2D eigenvalue weighted by molar-refractivity contribution is 5.94. The maximum atomic E-state index is 12.7. The lowest BCUT2D eigenvalue weighted by Gasteiger charge is -2.31. The number of hydrogen-bond donors (Lipinski definition) is 0. The molecule has 1 amide bonds. The Hall–Kier alpha value is -3.61. The summed E-state index contributed by atoms with van der Waals surface area (Å²) in [6, 6.07) is 13.3. The lowest BCUT2D eigenvalue weighted by Crippen LogP contribution is -2.36. The molecule has 27 heavy (non-hydrogen) atoms. The molecule has 0 N–H and O–H groups in total. The van der Waals surface area contributed by atoms with Crippen LogP contribution in [-0.4, -0.2) is 17.6 Å². The Balaban J connectivity index is 1.82. The van der Waals surface area contributed by atoms with Crippen LogP contribution in [0.25, 0.3) is 17.0 Å². The fraction of sp³-hybridized carbons (Fsp3) is 0.150. The van der Waals surface area contributed by atoms with Crippen molar-refractivity contribution >= 4 is 34.5 Å². The summed E-state index contributed by atoms with van der Waals surface area (Å²) < 4.78 is 11.2. The van der Waals surface area contributed by atoms with Crippen molar-refractivity contribution in [1.29, 1.82) is 0 Å². The summed E-state index contributed by atoms with van der Waals surface area (Å²) in [5.74, 6) is 0.588. The van der Waals surface area contributed by atoms with Gasteiger partial charge in [-0.3, -0.25) is 15.0 Å². The number of nitrogens with zero attached hydrogens (tertiary/aromatic N) is 2. The molecule has 0 spiro atoms. The molecule has 1 atom stereocenters. The number of ether oxygens (including phenoxy) is 1. The minimum atomic E-state index is -0.539. The smallest absolute Gasteiger partial charge is 0.415 e. The van der Waals surface area contributed by atoms with Gasteiger partial charge in [0.15, 0.2) is 0 Å². The third-order valence-electron chi connectivity index (χ3n) is 4.42. The predicted octanol–water partition coefficient (Wildman–Crippen LogP) is 5.07. The zero-order chi connectivity index (χ0) is 19.0. The van der Waals surface area contributed by atoms with E-state index in [1.807, 2.05) is 30.3 Å². The summed E-state index contributed by atoms with van der Waals surface area (Å²) in [7, 11) is 0. The third-order valence-corrected chi connectivity index (χ3v) is 4.42. The monoisotopic (exact) mass is 364 g/mol. The number of para-hydroxylation sites is 1. The van der Waals surface area contributed by atoms with Crippen LogP contribution in [0, 0.1) is 10.1 Å². The van der Waals surface area contributed by atoms with E-state index in [9.17, 15) is 14.9 Å². The minimum Gasteiger partial charge on any atom is -0.459 e. The van der Waals surface area contributed by atoms with Crippen LogP contribution in [-0.2, 0) is 4.74 Å². The SMILES string of the molecule is CCOC(=O)N1c2ccc([N+](=O)[O-])cc2C=CC1c1cc2ccccc2o1. The zero-order valence-corrected chi connectivity index (χ0v) is 14.5. The number of fused-ring (bicyclic) bond motifs is 2. The van der Waals surface area contributed by atoms with E-state index >= 15 is 0 Å². The van der Waals surface area contributed by atoms with E-state index < -0.39 is 17.1 Å². The van der Waals surface area contributed by atoms with Gasteiger partial charge in [0.05, 0.1) is 17.2 Å². The van der Waals surface area contributed by atoms with Crippen LogP contribution in [0.15, 0.2) is 59.0 Å². The number of amides is 1. The van der Waals surface area contributed by atoms with Crippen molar-refractivity contribution in [3.63, 3.8) is 0 Å². The summed E-state index contributed by atoms with van der Waals surface area (Å²) in [5.41, 5.74) is 1.79. The average Bonchev–Trinajstić information content (AvgIpc) is 3.10. The van der Waals surface area contributed by atoms with E-state index in [1.54, 1.807) is 25.1 Å². The predicted molar refractivity (Wildman–Crippen MR) is 101 cm³/mol. The van der Waals surface area contributed by atoms with Crippen molar-refractivity contribution in [3.05, 3.63) is 76.0 Å². The van der Waals surface area contributed by atoms with E-state index in [2.05, 4.69) is 0 Å². The maximum Gasteiger partial charge on any atom is 0.415 e. The molecule has 0 saturated heterocycles. The molecule has 2 heterocycles. The summed E-state index contributed by atoms with van der Waals surface area (Å²) in [4.78, 5) is 24.7. The Morgan fingerprint density at radius 1 is 1.26 bits per heavy atom. The first-order chi connectivity index (χ1) is 13.1. The van der Waals surface area contributed by atoms with Crippen LogP contribution in [0.2, 0.25) is 0 Å². The second kappa shape index (κ2) is 6.60. The number of carbonyl (C=O) groups excluding carboxylic acids is 1. The van der Waals surface area contributed by atoms with E-state index in [4.69, 9.17) is 9.15 Å². The molecule has 0 bridgehead atoms. The van der Waals surface area contributed by atoms with Gasteiger partial charge in [0.1, 0.15) is 17.4 Å². The summed E-state index contributed by atoms with van der Waals surface area (Å²) in [6.45, 7) is 1.94. The number of carbonyl (C=O) groups is 1. The van der Waals surface area contributed by atoms with Crippen LogP contribution in [0.3, 0.4) is 0 Å². The number of non-ortho nitro benzene ring substituents is 1. The van der Waals surface area contributed by atoms with Gasteiger partial charge in [-0.15, -0.1) is 0 Å². The van der Waals surface area contributed by atoms with Gasteiger partial charge in [0.2, 0.25) is 0 Å². The molecule has 0 aliphatic carbocycles. The van der Waals surface area contributed by atoms with Crippen LogP contribution in [0.5, 0.6) is 0 Å². The maximum absolute atomic E-state index is 12.7. The standard InChI is InChI=1S/C20H16N2O5/c1-2-26-20(23)21-16-10-8-15(22(24)25)11-13(16)7-9-17(21)19-12-14-5-3-4-6-18(14)27-19/h3-12,17H,2H2,1H3. The molecule has 136 valence electrons. The Labute approximate surface area is 154 Å². The van der Waals surface area contributed by atoms with Crippen molar-refractivity contribution in [2.24, 2.45) is 0 Å². The highest BCUT2D eigenvalue weighted by Crippen LogP contribution is 2.40. The van der Waals surface area contributed by atoms with E-state index in [0.29, 0.717) is 17.0 Å². The molecule has 7 nitrogen and oxygen atoms in total. The molecule has 0 fully saturated rings. The Morgan fingerprint density at radius 3 is 2.81 bits per heavy atom. The van der Waals surface area contributed by atoms with E-state index in [-0.39, 0.29) is 12.3 Å². The average molecular weight is 364 g/mol. The van der Waals surface area contributed by atoms with Crippen LogP contribution in [0.4, 0.5) is 16.2 Å². The molecular formula is C20H16N2O5. The molecule has 2 aromatic carbocycles. The van der Waals surface area contributed by atoms with Crippen LogP contribution in [0.1, 0.15) is 24.3 Å². The van der Waals surface area contributed by atoms with Crippen molar-refractivity contribution < 1.29 is 18.9 Å². The van der Waals surface area contributed by atoms with Crippen molar-refractivity contribution in [3.8, 4) is 0 Å². The Kier molecular flexibility index (Phi) is 4.12. The van der Waals surface area contributed by atoms with Gasteiger partial charge < -0.3 is 9.15 Å². The highest BCUT2D eigenvalue weighted by Gasteiger charge is 2.33. The number of hydrogen-bond acceptors (Lipinski definition) is 5. The molecule has 1 aromatic heterocycles. The molecule has 1 aliphatic heterocycles. The van der Waals surface area contributed by atoms with Gasteiger partial charge in [-0.1, -0.05) is 30.4 Å². The van der Waals surface area contributed by atoms with Gasteiger partial charge in [-0.25, -0.2) is 4.79 Å². The number of nitro groups is 1. The molecule has 7 heteroatoms. The van der Waals surface area contributed by atoms with Gasteiger partial charge in [0, 0.05) is 23.1 Å². The number of anilines is 1. The van der Waals surface area contributed by atoms with Gasteiger partial charge >= 0.3 is 6.09 Å². The van der Waals surface area contributed by atoms with Crippen molar-refractivity contribution in [2.75, 3.05) is 11.5 Å². The van der Waals surface area contributed by atoms with Crippen molar-refractivity contribution in [2.45, 2.75) is 13.0 Å². The van der Waals surface area contributed by atoms with Crippen LogP contribution < -0.4 is 4.90 Å². The molecule has 1 unspecified atom stereocenters. The summed E-state index contributed by atoms with van der Waals surface area (Å²) in [6.07, 6.45) is 3.00. The van der Waals surface area contributed by atoms with Crippen molar-refractivity contribution in [1.82, 2.24) is 0 Å². The fourth-order valence-corrected chi connectivity index (χ4v) is 3.21. The third kappa shape index (κ3) is 2.93. The quantitative estimate of drug-likeness (QED) is 0.478. The second-order valence-electron chi connectivity index (χ2n) is 6.06. The Morgan fingerprint density at radius 2 is 2.07 bits per heavy atom. The van der Waals surface area contributed by atoms with E-state index in [1.165, 1.54) is 17.0 Å². The molecule has 0 radical (unpaired) electrons. The van der Waals surface area contributed by atoms with Gasteiger partial charge in [-0.2, -0.15) is 0 Å². The first-order valence-electron chi connectivity index (χ1n) is 8.49. The number of rotatable bonds is 3. The minimum absolute atomic E-state index is 0.0376. The summed E-state index contributed by atoms with van der Waals surface area (Å²) in [5, 5.41) is 12.0. The Bertz CT molecular complexity index is 1040. The molecule has 3 aromatic rings. The van der Waals surface area contributed by atoms with Gasteiger partial charge in [0.25, 0.3) is 5.69 Å². The number of nitro benzene ring substituents is 1. The summed E-state index contributed by atoms with van der Waals surface area (Å²) >= 11 is 0. The van der Waals surface area contributed by atoms with E-state index in [0.717, 1.165) is 11.0 Å². The molecular weight excluding hydrogens is 348 g/mol. The second-order valence-corrected chi connectivity index (χ2v) is 6.06. The normalized spacial score (nSPS) is 15.6. The molecule has 4 rings (SSSR count). The first-order valence-corrected chi connectivity index (χ1v) is 8.49. The lowest BCUT2D eigenvalue weighted by atomic mass is 10.0. The highest BCUT2D eigenvalue weighted by atomic mass is 16.6. The first kappa shape index (κ1) is 16.8. The van der Waals surface area contributed by atoms with Gasteiger partial charge in [-0.05, 0) is 25.1 Å². The molecule has 0 saturated carbocycles. The topological polar surface area (TPSA) is 85.8 Å². The largest absolute Gasteiger partial charge is 0.459 e. The lowest BCUT2D eigenvalue weighted by molar-refractivity contribution is -0.384. The zero-order valence-electron chi connectivity index (χ0n) is 14.5. The molecule has 1 aliphatic rings.